The van der Waals surface area contributed by atoms with E-state index in [1.54, 1.807) is 12.1 Å². The molecular formula is C11H15NO3. The summed E-state index contributed by atoms with van der Waals surface area (Å²) in [6, 6.07) is 2.85. The molecule has 2 rings (SSSR count). The van der Waals surface area contributed by atoms with E-state index in [4.69, 9.17) is 4.42 Å². The Kier molecular flexibility index (Phi) is 3.06. The molecule has 1 aliphatic heterocycles. The summed E-state index contributed by atoms with van der Waals surface area (Å²) in [5.41, 5.74) is 0. The van der Waals surface area contributed by atoms with Gasteiger partial charge < -0.3 is 9.52 Å². The number of aliphatic carboxylic acids is 1. The summed E-state index contributed by atoms with van der Waals surface area (Å²) in [7, 11) is 0. The fourth-order valence-corrected chi connectivity index (χ4v) is 2.08. The number of rotatable bonds is 3. The van der Waals surface area contributed by atoms with Crippen molar-refractivity contribution in [3.05, 3.63) is 24.2 Å². The first kappa shape index (κ1) is 10.2. The van der Waals surface area contributed by atoms with E-state index in [-0.39, 0.29) is 0 Å². The summed E-state index contributed by atoms with van der Waals surface area (Å²) in [6.45, 7) is 1.69. The second kappa shape index (κ2) is 4.49. The zero-order chi connectivity index (χ0) is 10.7. The summed E-state index contributed by atoms with van der Waals surface area (Å²) in [6.07, 6.45) is 4.87. The fourth-order valence-electron chi connectivity index (χ4n) is 2.08. The van der Waals surface area contributed by atoms with Gasteiger partial charge in [-0.1, -0.05) is 6.42 Å². The Morgan fingerprint density at radius 2 is 2.13 bits per heavy atom. The van der Waals surface area contributed by atoms with Crippen molar-refractivity contribution in [2.75, 3.05) is 13.1 Å². The van der Waals surface area contributed by atoms with Crippen LogP contribution in [0.1, 0.15) is 31.1 Å². The van der Waals surface area contributed by atoms with Gasteiger partial charge in [0, 0.05) is 0 Å². The van der Waals surface area contributed by atoms with Gasteiger partial charge in [-0.2, -0.15) is 0 Å². The summed E-state index contributed by atoms with van der Waals surface area (Å²) in [5, 5.41) is 9.20. The monoisotopic (exact) mass is 209 g/mol. The lowest BCUT2D eigenvalue weighted by atomic mass is 10.1. The Labute approximate surface area is 88.5 Å². The van der Waals surface area contributed by atoms with Crippen LogP contribution in [0.5, 0.6) is 0 Å². The standard InChI is InChI=1S/C11H15NO3/c13-11(14)10(9-5-4-8-15-9)12-6-2-1-3-7-12/h4-5,8,10H,1-3,6-7H2,(H,13,14). The van der Waals surface area contributed by atoms with Gasteiger partial charge in [0.2, 0.25) is 0 Å². The minimum atomic E-state index is -0.827. The van der Waals surface area contributed by atoms with Crippen LogP contribution in [0.3, 0.4) is 0 Å². The van der Waals surface area contributed by atoms with E-state index >= 15 is 0 Å². The summed E-state index contributed by atoms with van der Waals surface area (Å²) >= 11 is 0. The van der Waals surface area contributed by atoms with Gasteiger partial charge in [-0.3, -0.25) is 9.69 Å². The van der Waals surface area contributed by atoms with Gasteiger partial charge >= 0.3 is 5.97 Å². The molecule has 82 valence electrons. The third-order valence-corrected chi connectivity index (χ3v) is 2.80. The van der Waals surface area contributed by atoms with Gasteiger partial charge in [-0.25, -0.2) is 0 Å². The van der Waals surface area contributed by atoms with Gasteiger partial charge in [0.1, 0.15) is 5.76 Å². The first-order valence-corrected chi connectivity index (χ1v) is 5.29. The lowest BCUT2D eigenvalue weighted by Gasteiger charge is -2.30. The highest BCUT2D eigenvalue weighted by molar-refractivity contribution is 5.74. The SMILES string of the molecule is O=C(O)C(c1ccco1)N1CCCCC1. The van der Waals surface area contributed by atoms with E-state index in [9.17, 15) is 9.90 Å². The first-order valence-electron chi connectivity index (χ1n) is 5.29. The first-order chi connectivity index (χ1) is 7.29. The maximum absolute atomic E-state index is 11.2. The van der Waals surface area contributed by atoms with Gasteiger partial charge in [0.15, 0.2) is 6.04 Å². The molecule has 1 unspecified atom stereocenters. The van der Waals surface area contributed by atoms with E-state index in [1.807, 2.05) is 4.90 Å². The Hall–Kier alpha value is -1.29. The second-order valence-corrected chi connectivity index (χ2v) is 3.85. The van der Waals surface area contributed by atoms with Crippen LogP contribution >= 0.6 is 0 Å². The highest BCUT2D eigenvalue weighted by Crippen LogP contribution is 2.24. The predicted molar refractivity (Wildman–Crippen MR) is 54.5 cm³/mol. The van der Waals surface area contributed by atoms with Gasteiger partial charge in [-0.05, 0) is 38.1 Å². The number of carbonyl (C=O) groups is 1. The topological polar surface area (TPSA) is 53.7 Å². The van der Waals surface area contributed by atoms with Crippen LogP contribution in [0.15, 0.2) is 22.8 Å². The van der Waals surface area contributed by atoms with Crippen LogP contribution < -0.4 is 0 Å². The smallest absolute Gasteiger partial charge is 0.328 e. The maximum Gasteiger partial charge on any atom is 0.328 e. The minimum absolute atomic E-state index is 0.532. The van der Waals surface area contributed by atoms with Crippen molar-refractivity contribution >= 4 is 5.97 Å². The highest BCUT2D eigenvalue weighted by Gasteiger charge is 2.30. The number of nitrogens with zero attached hydrogens (tertiary/aromatic N) is 1. The fraction of sp³-hybridized carbons (Fsp3) is 0.545. The summed E-state index contributed by atoms with van der Waals surface area (Å²) in [4.78, 5) is 13.2. The largest absolute Gasteiger partial charge is 0.480 e. The summed E-state index contributed by atoms with van der Waals surface area (Å²) in [5.74, 6) is -0.295. The molecule has 2 heterocycles. The molecule has 1 fully saturated rings. The van der Waals surface area contributed by atoms with Crippen LogP contribution in [0.2, 0.25) is 0 Å². The Bertz CT molecular complexity index is 315. The molecule has 1 aromatic heterocycles. The number of hydrogen-bond donors (Lipinski definition) is 1. The number of likely N-dealkylation sites (tertiary alicyclic amines) is 1. The number of carboxylic acid groups (broad SMARTS) is 1. The molecule has 0 spiro atoms. The molecule has 0 aromatic carbocycles. The van der Waals surface area contributed by atoms with Gasteiger partial charge in [-0.15, -0.1) is 0 Å². The van der Waals surface area contributed by atoms with Crippen molar-refractivity contribution in [3.8, 4) is 0 Å². The molecule has 1 saturated heterocycles. The van der Waals surface area contributed by atoms with Crippen LogP contribution in [0, 0.1) is 0 Å². The van der Waals surface area contributed by atoms with Crippen molar-refractivity contribution in [1.82, 2.24) is 4.90 Å². The Morgan fingerprint density at radius 3 is 2.67 bits per heavy atom. The molecule has 4 nitrogen and oxygen atoms in total. The molecule has 1 atom stereocenters. The quantitative estimate of drug-likeness (QED) is 0.826. The molecule has 0 saturated carbocycles. The van der Waals surface area contributed by atoms with Crippen molar-refractivity contribution in [3.63, 3.8) is 0 Å². The highest BCUT2D eigenvalue weighted by atomic mass is 16.4. The molecule has 15 heavy (non-hydrogen) atoms. The molecule has 0 bridgehead atoms. The van der Waals surface area contributed by atoms with Crippen LogP contribution in [0.25, 0.3) is 0 Å². The van der Waals surface area contributed by atoms with E-state index < -0.39 is 12.0 Å². The zero-order valence-electron chi connectivity index (χ0n) is 8.56. The normalized spacial score (nSPS) is 20.0. The van der Waals surface area contributed by atoms with E-state index in [2.05, 4.69) is 0 Å². The lowest BCUT2D eigenvalue weighted by Crippen LogP contribution is -2.37. The molecule has 4 heteroatoms. The molecule has 1 aliphatic rings. The predicted octanol–water partition coefficient (Wildman–Crippen LogP) is 1.89. The molecule has 0 aliphatic carbocycles. The maximum atomic E-state index is 11.2. The molecule has 1 N–H and O–H groups in total. The average Bonchev–Trinajstić information content (AvgIpc) is 2.72. The second-order valence-electron chi connectivity index (χ2n) is 3.85. The van der Waals surface area contributed by atoms with Crippen LogP contribution in [0.4, 0.5) is 0 Å². The van der Waals surface area contributed by atoms with Crippen LogP contribution in [-0.2, 0) is 4.79 Å². The van der Waals surface area contributed by atoms with Gasteiger partial charge in [0.25, 0.3) is 0 Å². The number of hydrogen-bond acceptors (Lipinski definition) is 3. The average molecular weight is 209 g/mol. The Morgan fingerprint density at radius 1 is 1.40 bits per heavy atom. The van der Waals surface area contributed by atoms with E-state index in [1.165, 1.54) is 12.7 Å². The molecule has 0 radical (unpaired) electrons. The van der Waals surface area contributed by atoms with Crippen molar-refractivity contribution in [2.45, 2.75) is 25.3 Å². The van der Waals surface area contributed by atoms with Crippen molar-refractivity contribution in [1.29, 1.82) is 0 Å². The zero-order valence-corrected chi connectivity index (χ0v) is 8.56. The third-order valence-electron chi connectivity index (χ3n) is 2.80. The number of furan rings is 1. The summed E-state index contributed by atoms with van der Waals surface area (Å²) < 4.78 is 5.19. The number of carboxylic acids is 1. The molecule has 0 amide bonds. The molecule has 1 aromatic rings. The van der Waals surface area contributed by atoms with Crippen molar-refractivity contribution in [2.24, 2.45) is 0 Å². The number of piperidine rings is 1. The van der Waals surface area contributed by atoms with E-state index in [0.29, 0.717) is 5.76 Å². The van der Waals surface area contributed by atoms with Crippen LogP contribution in [-0.4, -0.2) is 29.1 Å². The lowest BCUT2D eigenvalue weighted by molar-refractivity contribution is -0.144. The van der Waals surface area contributed by atoms with E-state index in [0.717, 1.165) is 25.9 Å². The van der Waals surface area contributed by atoms with Gasteiger partial charge in [0.05, 0.1) is 6.26 Å². The minimum Gasteiger partial charge on any atom is -0.480 e. The Balaban J connectivity index is 2.15. The molecular weight excluding hydrogens is 194 g/mol. The third kappa shape index (κ3) is 2.21. The van der Waals surface area contributed by atoms with Crippen molar-refractivity contribution < 1.29 is 14.3 Å².